The third-order valence-corrected chi connectivity index (χ3v) is 1.02. The summed E-state index contributed by atoms with van der Waals surface area (Å²) in [5, 5.41) is 0. The van der Waals surface area contributed by atoms with Crippen LogP contribution < -0.4 is 4.98 Å². The molecule has 1 heterocycles. The number of hydrogen-bond acceptors (Lipinski definition) is 1. The SMILES string of the molecule is CCc1nc(C)c[n-]1.[Ag+]. The van der Waals surface area contributed by atoms with E-state index in [9.17, 15) is 0 Å². The molecule has 0 aromatic carbocycles. The first-order valence-electron chi connectivity index (χ1n) is 2.78. The molecule has 0 atom stereocenters. The maximum Gasteiger partial charge on any atom is 1.00 e. The minimum atomic E-state index is 0. The van der Waals surface area contributed by atoms with Gasteiger partial charge in [0, 0.05) is 0 Å². The zero-order valence-electron chi connectivity index (χ0n) is 5.48. The summed E-state index contributed by atoms with van der Waals surface area (Å²) < 4.78 is 0. The van der Waals surface area contributed by atoms with Crippen molar-refractivity contribution in [1.82, 2.24) is 9.97 Å². The molecule has 0 aliphatic heterocycles. The van der Waals surface area contributed by atoms with E-state index < -0.39 is 0 Å². The van der Waals surface area contributed by atoms with Crippen LogP contribution in [-0.4, -0.2) is 4.98 Å². The minimum Gasteiger partial charge on any atom is -0.446 e. The molecular formula is C6H9AgN2. The van der Waals surface area contributed by atoms with E-state index in [1.54, 1.807) is 6.20 Å². The van der Waals surface area contributed by atoms with Gasteiger partial charge in [-0.3, -0.25) is 0 Å². The number of hydrogen-bond donors (Lipinski definition) is 0. The van der Waals surface area contributed by atoms with Gasteiger partial charge in [-0.1, -0.05) is 24.6 Å². The Bertz CT molecular complexity index is 171. The number of aromatic nitrogens is 2. The molecule has 0 bridgehead atoms. The van der Waals surface area contributed by atoms with Crippen LogP contribution in [0, 0.1) is 6.92 Å². The second-order valence-corrected chi connectivity index (χ2v) is 1.78. The first-order chi connectivity index (χ1) is 3.83. The van der Waals surface area contributed by atoms with Crippen molar-refractivity contribution in [3.05, 3.63) is 17.7 Å². The molecule has 0 unspecified atom stereocenters. The minimum absolute atomic E-state index is 0. The van der Waals surface area contributed by atoms with Crippen LogP contribution in [0.4, 0.5) is 0 Å². The van der Waals surface area contributed by atoms with Gasteiger partial charge >= 0.3 is 22.4 Å². The number of aryl methyl sites for hydroxylation is 2. The molecule has 1 aromatic rings. The fraction of sp³-hybridized carbons (Fsp3) is 0.500. The van der Waals surface area contributed by atoms with Gasteiger partial charge in [-0.15, -0.1) is 0 Å². The predicted octanol–water partition coefficient (Wildman–Crippen LogP) is 0.907. The second kappa shape index (κ2) is 3.88. The van der Waals surface area contributed by atoms with Crippen molar-refractivity contribution < 1.29 is 22.4 Å². The molecule has 0 amide bonds. The van der Waals surface area contributed by atoms with Gasteiger partial charge in [-0.2, -0.15) is 0 Å². The second-order valence-electron chi connectivity index (χ2n) is 1.78. The standard InChI is InChI=1S/C6H9N2.Ag/c1-3-6-7-4-5(2)8-6;/h4H,3H2,1-2H3;/q-1;+1. The average Bonchev–Trinajstić information content (AvgIpc) is 2.14. The molecule has 0 saturated heterocycles. The zero-order valence-corrected chi connectivity index (χ0v) is 6.96. The molecule has 0 aliphatic carbocycles. The Hall–Kier alpha value is -0.0497. The topological polar surface area (TPSA) is 27.0 Å². The van der Waals surface area contributed by atoms with E-state index in [4.69, 9.17) is 0 Å². The maximum absolute atomic E-state index is 4.12. The van der Waals surface area contributed by atoms with Crippen LogP contribution in [-0.2, 0) is 28.8 Å². The molecule has 2 nitrogen and oxygen atoms in total. The van der Waals surface area contributed by atoms with Crippen LogP contribution in [0.2, 0.25) is 0 Å². The van der Waals surface area contributed by atoms with Gasteiger partial charge in [-0.25, -0.2) is 0 Å². The van der Waals surface area contributed by atoms with Crippen LogP contribution in [0.5, 0.6) is 0 Å². The molecule has 0 saturated carbocycles. The Balaban J connectivity index is 0.000000640. The van der Waals surface area contributed by atoms with E-state index in [0.29, 0.717) is 0 Å². The van der Waals surface area contributed by atoms with Crippen molar-refractivity contribution in [3.63, 3.8) is 0 Å². The Morgan fingerprint density at radius 1 is 1.67 bits per heavy atom. The summed E-state index contributed by atoms with van der Waals surface area (Å²) in [5.74, 6) is 0.947. The normalized spacial score (nSPS) is 8.67. The van der Waals surface area contributed by atoms with Crippen LogP contribution in [0.25, 0.3) is 0 Å². The summed E-state index contributed by atoms with van der Waals surface area (Å²) >= 11 is 0. The zero-order chi connectivity index (χ0) is 5.98. The molecular weight excluding hydrogens is 208 g/mol. The van der Waals surface area contributed by atoms with Crippen molar-refractivity contribution in [1.29, 1.82) is 0 Å². The molecule has 0 spiro atoms. The molecule has 9 heavy (non-hydrogen) atoms. The van der Waals surface area contributed by atoms with Crippen LogP contribution in [0.1, 0.15) is 18.4 Å². The summed E-state index contributed by atoms with van der Waals surface area (Å²) in [6.07, 6.45) is 2.73. The Morgan fingerprint density at radius 3 is 2.56 bits per heavy atom. The van der Waals surface area contributed by atoms with Gasteiger partial charge in [0.1, 0.15) is 0 Å². The molecule has 0 fully saturated rings. The van der Waals surface area contributed by atoms with Crippen LogP contribution in [0.15, 0.2) is 6.20 Å². The first-order valence-corrected chi connectivity index (χ1v) is 2.78. The van der Waals surface area contributed by atoms with Gasteiger partial charge in [0.05, 0.1) is 0 Å². The number of rotatable bonds is 1. The van der Waals surface area contributed by atoms with Crippen molar-refractivity contribution in [2.45, 2.75) is 20.3 Å². The molecule has 1 rings (SSSR count). The van der Waals surface area contributed by atoms with Crippen molar-refractivity contribution in [3.8, 4) is 0 Å². The largest absolute Gasteiger partial charge is 1.00 e. The maximum atomic E-state index is 4.12. The Morgan fingerprint density at radius 2 is 2.33 bits per heavy atom. The predicted molar refractivity (Wildman–Crippen MR) is 31.7 cm³/mol. The monoisotopic (exact) mass is 216 g/mol. The summed E-state index contributed by atoms with van der Waals surface area (Å²) in [7, 11) is 0. The molecule has 0 N–H and O–H groups in total. The summed E-state index contributed by atoms with van der Waals surface area (Å²) in [6, 6.07) is 0. The van der Waals surface area contributed by atoms with E-state index in [2.05, 4.69) is 16.9 Å². The third-order valence-electron chi connectivity index (χ3n) is 1.02. The van der Waals surface area contributed by atoms with Crippen LogP contribution >= 0.6 is 0 Å². The quantitative estimate of drug-likeness (QED) is 0.653. The summed E-state index contributed by atoms with van der Waals surface area (Å²) in [6.45, 7) is 4.00. The fourth-order valence-corrected chi connectivity index (χ4v) is 0.600. The van der Waals surface area contributed by atoms with Crippen LogP contribution in [0.3, 0.4) is 0 Å². The average molecular weight is 217 g/mol. The van der Waals surface area contributed by atoms with Crippen molar-refractivity contribution in [2.75, 3.05) is 0 Å². The molecule has 0 aliphatic rings. The number of imidazole rings is 1. The van der Waals surface area contributed by atoms with E-state index in [1.807, 2.05) is 6.92 Å². The van der Waals surface area contributed by atoms with Gasteiger partial charge in [0.25, 0.3) is 0 Å². The molecule has 3 heteroatoms. The smallest absolute Gasteiger partial charge is 0.446 e. The fourth-order valence-electron chi connectivity index (χ4n) is 0.600. The van der Waals surface area contributed by atoms with E-state index in [1.165, 1.54) is 0 Å². The number of nitrogens with zero attached hydrogens (tertiary/aromatic N) is 2. The first kappa shape index (κ1) is 8.95. The third kappa shape index (κ3) is 2.35. The summed E-state index contributed by atoms with van der Waals surface area (Å²) in [5.41, 5.74) is 1.02. The van der Waals surface area contributed by atoms with Gasteiger partial charge in [0.2, 0.25) is 0 Å². The van der Waals surface area contributed by atoms with Gasteiger partial charge < -0.3 is 9.97 Å². The Kier molecular flexibility index (Phi) is 3.86. The summed E-state index contributed by atoms with van der Waals surface area (Å²) in [4.78, 5) is 8.14. The van der Waals surface area contributed by atoms with Gasteiger partial charge in [0.15, 0.2) is 0 Å². The molecule has 54 valence electrons. The van der Waals surface area contributed by atoms with E-state index in [0.717, 1.165) is 17.9 Å². The van der Waals surface area contributed by atoms with Crippen molar-refractivity contribution >= 4 is 0 Å². The molecule has 0 radical (unpaired) electrons. The molecule has 1 aromatic heterocycles. The van der Waals surface area contributed by atoms with Gasteiger partial charge in [-0.05, 0) is 13.3 Å². The van der Waals surface area contributed by atoms with E-state index in [-0.39, 0.29) is 22.4 Å². The van der Waals surface area contributed by atoms with Crippen molar-refractivity contribution in [2.24, 2.45) is 0 Å². The van der Waals surface area contributed by atoms with E-state index >= 15 is 0 Å². The Labute approximate surface area is 70.6 Å².